The molecular formula is C16H31N3O2. The highest BCUT2D eigenvalue weighted by atomic mass is 16.5. The molecule has 0 spiro atoms. The van der Waals surface area contributed by atoms with E-state index >= 15 is 0 Å². The molecule has 5 heteroatoms. The normalized spacial score (nSPS) is 25.8. The zero-order valence-corrected chi connectivity index (χ0v) is 13.6. The molecule has 1 N–H and O–H groups in total. The van der Waals surface area contributed by atoms with Crippen molar-refractivity contribution in [1.82, 2.24) is 15.1 Å². The van der Waals surface area contributed by atoms with Crippen molar-refractivity contribution < 1.29 is 9.53 Å². The van der Waals surface area contributed by atoms with E-state index in [1.54, 1.807) is 0 Å². The van der Waals surface area contributed by atoms with Gasteiger partial charge >= 0.3 is 0 Å². The standard InChI is InChI=1S/C16H31N3O2/c1-3-6-17-12-15-5-4-7-19(13-15)14(2)16(20)18-8-10-21-11-9-18/h14-15,17H,3-13H2,1-2H3. The van der Waals surface area contributed by atoms with Crippen LogP contribution >= 0.6 is 0 Å². The molecule has 2 unspecified atom stereocenters. The van der Waals surface area contributed by atoms with Gasteiger partial charge in [-0.05, 0) is 51.7 Å². The van der Waals surface area contributed by atoms with Crippen molar-refractivity contribution in [2.45, 2.75) is 39.2 Å². The lowest BCUT2D eigenvalue weighted by Gasteiger charge is -2.39. The van der Waals surface area contributed by atoms with Crippen LogP contribution in [0.5, 0.6) is 0 Å². The third-order valence-corrected chi connectivity index (χ3v) is 4.64. The van der Waals surface area contributed by atoms with Gasteiger partial charge < -0.3 is 15.0 Å². The van der Waals surface area contributed by atoms with Gasteiger partial charge in [-0.15, -0.1) is 0 Å². The molecule has 2 rings (SSSR count). The van der Waals surface area contributed by atoms with Crippen LogP contribution in [0.4, 0.5) is 0 Å². The minimum absolute atomic E-state index is 0.0112. The molecule has 0 aromatic carbocycles. The van der Waals surface area contributed by atoms with Crippen molar-refractivity contribution >= 4 is 5.91 Å². The summed E-state index contributed by atoms with van der Waals surface area (Å²) in [5.74, 6) is 0.964. The molecule has 2 saturated heterocycles. The number of carbonyl (C=O) groups is 1. The molecule has 2 atom stereocenters. The van der Waals surface area contributed by atoms with Gasteiger partial charge in [-0.1, -0.05) is 6.92 Å². The van der Waals surface area contributed by atoms with Crippen LogP contribution in [-0.4, -0.2) is 74.2 Å². The van der Waals surface area contributed by atoms with Crippen LogP contribution in [-0.2, 0) is 9.53 Å². The molecule has 2 aliphatic heterocycles. The van der Waals surface area contributed by atoms with Crippen LogP contribution in [0.15, 0.2) is 0 Å². The lowest BCUT2D eigenvalue weighted by Crippen LogP contribution is -2.53. The van der Waals surface area contributed by atoms with E-state index in [-0.39, 0.29) is 11.9 Å². The summed E-state index contributed by atoms with van der Waals surface area (Å²) in [6.07, 6.45) is 3.67. The number of nitrogens with zero attached hydrogens (tertiary/aromatic N) is 2. The number of carbonyl (C=O) groups excluding carboxylic acids is 1. The Morgan fingerprint density at radius 1 is 1.33 bits per heavy atom. The molecule has 122 valence electrons. The van der Waals surface area contributed by atoms with Gasteiger partial charge in [0.1, 0.15) is 0 Å². The Labute approximate surface area is 129 Å². The highest BCUT2D eigenvalue weighted by molar-refractivity contribution is 5.81. The number of amides is 1. The molecule has 0 radical (unpaired) electrons. The summed E-state index contributed by atoms with van der Waals surface area (Å²) in [4.78, 5) is 16.9. The summed E-state index contributed by atoms with van der Waals surface area (Å²) in [5, 5.41) is 3.52. The van der Waals surface area contributed by atoms with Crippen LogP contribution in [0.3, 0.4) is 0 Å². The number of piperidine rings is 1. The highest BCUT2D eigenvalue weighted by Gasteiger charge is 2.30. The number of ether oxygens (including phenoxy) is 1. The maximum absolute atomic E-state index is 12.6. The van der Waals surface area contributed by atoms with Crippen molar-refractivity contribution in [2.75, 3.05) is 52.5 Å². The minimum Gasteiger partial charge on any atom is -0.378 e. The average molecular weight is 297 g/mol. The summed E-state index contributed by atoms with van der Waals surface area (Å²) in [6.45, 7) is 11.4. The predicted octanol–water partition coefficient (Wildman–Crippen LogP) is 0.945. The molecule has 21 heavy (non-hydrogen) atoms. The Morgan fingerprint density at radius 3 is 2.81 bits per heavy atom. The van der Waals surface area contributed by atoms with E-state index < -0.39 is 0 Å². The Bertz CT molecular complexity index is 319. The first-order valence-electron chi connectivity index (χ1n) is 8.53. The molecule has 0 saturated carbocycles. The monoisotopic (exact) mass is 297 g/mol. The van der Waals surface area contributed by atoms with Crippen molar-refractivity contribution in [3.8, 4) is 0 Å². The zero-order valence-electron chi connectivity index (χ0n) is 13.6. The molecule has 2 aliphatic rings. The van der Waals surface area contributed by atoms with E-state index in [0.717, 1.165) is 39.3 Å². The fourth-order valence-electron chi connectivity index (χ4n) is 3.30. The Balaban J connectivity index is 1.80. The van der Waals surface area contributed by atoms with Gasteiger partial charge in [0.15, 0.2) is 0 Å². The number of nitrogens with one attached hydrogen (secondary N) is 1. The predicted molar refractivity (Wildman–Crippen MR) is 84.3 cm³/mol. The van der Waals surface area contributed by atoms with Gasteiger partial charge in [-0.3, -0.25) is 9.69 Å². The van der Waals surface area contributed by atoms with Crippen LogP contribution in [0.25, 0.3) is 0 Å². The SMILES string of the molecule is CCCNCC1CCCN(C(C)C(=O)N2CCOCC2)C1. The summed E-state index contributed by atoms with van der Waals surface area (Å²) in [6, 6.07) is 0.0112. The lowest BCUT2D eigenvalue weighted by atomic mass is 9.96. The van der Waals surface area contributed by atoms with Gasteiger partial charge in [0.25, 0.3) is 0 Å². The van der Waals surface area contributed by atoms with Gasteiger partial charge in [-0.2, -0.15) is 0 Å². The summed E-state index contributed by atoms with van der Waals surface area (Å²) >= 11 is 0. The third-order valence-electron chi connectivity index (χ3n) is 4.64. The van der Waals surface area contributed by atoms with Gasteiger partial charge in [0.2, 0.25) is 5.91 Å². The van der Waals surface area contributed by atoms with Gasteiger partial charge in [-0.25, -0.2) is 0 Å². The molecule has 2 heterocycles. The number of rotatable bonds is 6. The molecule has 2 fully saturated rings. The first-order chi connectivity index (χ1) is 10.2. The summed E-state index contributed by atoms with van der Waals surface area (Å²) in [7, 11) is 0. The molecule has 0 aromatic rings. The number of likely N-dealkylation sites (tertiary alicyclic amines) is 1. The Hall–Kier alpha value is -0.650. The second-order valence-corrected chi connectivity index (χ2v) is 6.32. The molecule has 1 amide bonds. The van der Waals surface area contributed by atoms with E-state index in [9.17, 15) is 4.79 Å². The van der Waals surface area contributed by atoms with Crippen LogP contribution in [0, 0.1) is 5.92 Å². The van der Waals surface area contributed by atoms with Gasteiger partial charge in [0, 0.05) is 19.6 Å². The molecule has 5 nitrogen and oxygen atoms in total. The van der Waals surface area contributed by atoms with Crippen molar-refractivity contribution in [3.63, 3.8) is 0 Å². The highest BCUT2D eigenvalue weighted by Crippen LogP contribution is 2.19. The topological polar surface area (TPSA) is 44.8 Å². The number of hydrogen-bond acceptors (Lipinski definition) is 4. The van der Waals surface area contributed by atoms with E-state index in [4.69, 9.17) is 4.74 Å². The number of hydrogen-bond donors (Lipinski definition) is 1. The Morgan fingerprint density at radius 2 is 2.10 bits per heavy atom. The fraction of sp³-hybridized carbons (Fsp3) is 0.938. The second-order valence-electron chi connectivity index (χ2n) is 6.32. The largest absolute Gasteiger partial charge is 0.378 e. The van der Waals surface area contributed by atoms with Crippen molar-refractivity contribution in [3.05, 3.63) is 0 Å². The quantitative estimate of drug-likeness (QED) is 0.741. The first kappa shape index (κ1) is 16.7. The fourth-order valence-corrected chi connectivity index (χ4v) is 3.30. The second kappa shape index (κ2) is 8.71. The third kappa shape index (κ3) is 4.94. The van der Waals surface area contributed by atoms with E-state index in [0.29, 0.717) is 19.1 Å². The van der Waals surface area contributed by atoms with E-state index in [2.05, 4.69) is 24.1 Å². The maximum atomic E-state index is 12.6. The van der Waals surface area contributed by atoms with E-state index in [1.165, 1.54) is 19.3 Å². The first-order valence-corrected chi connectivity index (χ1v) is 8.53. The summed E-state index contributed by atoms with van der Waals surface area (Å²) < 4.78 is 5.33. The molecule has 0 aliphatic carbocycles. The van der Waals surface area contributed by atoms with Crippen molar-refractivity contribution in [2.24, 2.45) is 5.92 Å². The lowest BCUT2D eigenvalue weighted by molar-refractivity contribution is -0.141. The van der Waals surface area contributed by atoms with Gasteiger partial charge in [0.05, 0.1) is 19.3 Å². The van der Waals surface area contributed by atoms with Crippen LogP contribution in [0.1, 0.15) is 33.1 Å². The smallest absolute Gasteiger partial charge is 0.239 e. The molecule has 0 bridgehead atoms. The number of morpholine rings is 1. The molecule has 0 aromatic heterocycles. The zero-order chi connectivity index (χ0) is 15.1. The minimum atomic E-state index is 0.0112. The summed E-state index contributed by atoms with van der Waals surface area (Å²) in [5.41, 5.74) is 0. The van der Waals surface area contributed by atoms with Crippen molar-refractivity contribution in [1.29, 1.82) is 0 Å². The molecular weight excluding hydrogens is 266 g/mol. The average Bonchev–Trinajstić information content (AvgIpc) is 2.55. The van der Waals surface area contributed by atoms with Crippen LogP contribution < -0.4 is 5.32 Å². The van der Waals surface area contributed by atoms with Crippen LogP contribution in [0.2, 0.25) is 0 Å². The Kier molecular flexibility index (Phi) is 6.93. The van der Waals surface area contributed by atoms with E-state index in [1.807, 2.05) is 4.90 Å². The maximum Gasteiger partial charge on any atom is 0.239 e.